The maximum atomic E-state index is 13.2. The number of nitrogens with one attached hydrogen (secondary N) is 2. The summed E-state index contributed by atoms with van der Waals surface area (Å²) in [5.74, 6) is 0.475. The van der Waals surface area contributed by atoms with Gasteiger partial charge in [0.05, 0.1) is 30.2 Å². The molecule has 0 aromatic carbocycles. The second-order valence-corrected chi connectivity index (χ2v) is 7.21. The van der Waals surface area contributed by atoms with Crippen LogP contribution >= 0.6 is 0 Å². The fourth-order valence-electron chi connectivity index (χ4n) is 3.14. The van der Waals surface area contributed by atoms with E-state index in [1.165, 1.54) is 0 Å². The summed E-state index contributed by atoms with van der Waals surface area (Å²) in [6.07, 6.45) is 2.12. The van der Waals surface area contributed by atoms with Gasteiger partial charge < -0.3 is 10.6 Å². The topological polar surface area (TPSA) is 98.4 Å². The SMILES string of the molecule is CCNc1nc(Nc2cc(C[C@@H](C)n3nccn3)nn2C2CC2)ncc1C(F)(F)F. The summed E-state index contributed by atoms with van der Waals surface area (Å²) in [5.41, 5.74) is -0.0696. The van der Waals surface area contributed by atoms with Crippen LogP contribution in [-0.4, -0.2) is 41.3 Å². The van der Waals surface area contributed by atoms with Crippen molar-refractivity contribution >= 4 is 17.6 Å². The Morgan fingerprint density at radius 2 is 1.97 bits per heavy atom. The Balaban J connectivity index is 1.58. The summed E-state index contributed by atoms with van der Waals surface area (Å²) in [5, 5.41) is 18.7. The van der Waals surface area contributed by atoms with E-state index in [0.29, 0.717) is 18.8 Å². The van der Waals surface area contributed by atoms with Crippen molar-refractivity contribution < 1.29 is 13.2 Å². The minimum atomic E-state index is -4.53. The third-order valence-corrected chi connectivity index (χ3v) is 4.69. The van der Waals surface area contributed by atoms with E-state index < -0.39 is 11.7 Å². The standard InChI is InChI=1S/C18H22F3N9/c1-3-22-16-14(18(19,20)21)10-23-17(27-16)26-15-9-12(28-29(15)13-4-5-13)8-11(2)30-24-6-7-25-30/h6-7,9-11,13H,3-5,8H2,1-2H3,(H2,22,23,26,27)/t11-/m1/s1. The predicted molar refractivity (Wildman–Crippen MR) is 103 cm³/mol. The van der Waals surface area contributed by atoms with E-state index in [1.807, 2.05) is 17.7 Å². The van der Waals surface area contributed by atoms with Crippen LogP contribution in [-0.2, 0) is 12.6 Å². The summed E-state index contributed by atoms with van der Waals surface area (Å²) < 4.78 is 41.4. The largest absolute Gasteiger partial charge is 0.421 e. The predicted octanol–water partition coefficient (Wildman–Crippen LogP) is 3.60. The molecule has 4 rings (SSSR count). The Bertz CT molecular complexity index is 993. The van der Waals surface area contributed by atoms with Gasteiger partial charge in [0.15, 0.2) is 0 Å². The first-order valence-electron chi connectivity index (χ1n) is 9.74. The maximum Gasteiger partial charge on any atom is 0.421 e. The van der Waals surface area contributed by atoms with Crippen LogP contribution in [0.4, 0.5) is 30.8 Å². The molecule has 1 atom stereocenters. The van der Waals surface area contributed by atoms with Crippen molar-refractivity contribution in [2.45, 2.75) is 51.4 Å². The van der Waals surface area contributed by atoms with Gasteiger partial charge in [-0.05, 0) is 26.7 Å². The smallest absolute Gasteiger partial charge is 0.370 e. The molecule has 3 aromatic heterocycles. The molecule has 1 aliphatic rings. The highest BCUT2D eigenvalue weighted by molar-refractivity contribution is 5.54. The van der Waals surface area contributed by atoms with Crippen LogP contribution in [0.15, 0.2) is 24.7 Å². The number of halogens is 3. The van der Waals surface area contributed by atoms with Gasteiger partial charge in [-0.2, -0.15) is 38.2 Å². The molecule has 0 aliphatic heterocycles. The summed E-state index contributed by atoms with van der Waals surface area (Å²) in [4.78, 5) is 9.52. The van der Waals surface area contributed by atoms with Crippen molar-refractivity contribution in [2.75, 3.05) is 17.2 Å². The Morgan fingerprint density at radius 3 is 2.60 bits per heavy atom. The third kappa shape index (κ3) is 4.36. The molecule has 0 amide bonds. The van der Waals surface area contributed by atoms with Gasteiger partial charge >= 0.3 is 6.18 Å². The molecule has 3 heterocycles. The molecule has 12 heteroatoms. The molecule has 30 heavy (non-hydrogen) atoms. The van der Waals surface area contributed by atoms with Gasteiger partial charge in [0.2, 0.25) is 5.95 Å². The summed E-state index contributed by atoms with van der Waals surface area (Å²) >= 11 is 0. The van der Waals surface area contributed by atoms with Gasteiger partial charge in [0.1, 0.15) is 17.2 Å². The molecule has 0 spiro atoms. The minimum Gasteiger partial charge on any atom is -0.370 e. The van der Waals surface area contributed by atoms with Crippen molar-refractivity contribution in [1.29, 1.82) is 0 Å². The highest BCUT2D eigenvalue weighted by Crippen LogP contribution is 2.38. The molecule has 160 valence electrons. The lowest BCUT2D eigenvalue weighted by Crippen LogP contribution is -2.14. The molecular weight excluding hydrogens is 399 g/mol. The Morgan fingerprint density at radius 1 is 1.23 bits per heavy atom. The van der Waals surface area contributed by atoms with Crippen LogP contribution < -0.4 is 10.6 Å². The van der Waals surface area contributed by atoms with Gasteiger partial charge in [-0.15, -0.1) is 0 Å². The van der Waals surface area contributed by atoms with Crippen LogP contribution in [0.2, 0.25) is 0 Å². The lowest BCUT2D eigenvalue weighted by Gasteiger charge is -2.14. The van der Waals surface area contributed by atoms with Crippen LogP contribution in [0.25, 0.3) is 0 Å². The van der Waals surface area contributed by atoms with E-state index in [1.54, 1.807) is 24.1 Å². The number of anilines is 3. The molecular formula is C18H22F3N9. The summed E-state index contributed by atoms with van der Waals surface area (Å²) in [6, 6.07) is 2.15. The molecule has 1 saturated carbocycles. The van der Waals surface area contributed by atoms with Crippen LogP contribution in [0.1, 0.15) is 50.0 Å². The van der Waals surface area contributed by atoms with Gasteiger partial charge in [0, 0.05) is 25.2 Å². The fraction of sp³-hybridized carbons (Fsp3) is 0.500. The first-order valence-corrected chi connectivity index (χ1v) is 9.74. The van der Waals surface area contributed by atoms with Crippen LogP contribution in [0.5, 0.6) is 0 Å². The van der Waals surface area contributed by atoms with Crippen molar-refractivity contribution in [3.8, 4) is 0 Å². The van der Waals surface area contributed by atoms with Crippen molar-refractivity contribution in [2.24, 2.45) is 0 Å². The fourth-order valence-corrected chi connectivity index (χ4v) is 3.14. The van der Waals surface area contributed by atoms with Gasteiger partial charge in [-0.1, -0.05) is 0 Å². The molecule has 1 fully saturated rings. The first-order chi connectivity index (χ1) is 14.3. The van der Waals surface area contributed by atoms with E-state index in [-0.39, 0.29) is 23.8 Å². The van der Waals surface area contributed by atoms with Gasteiger partial charge in [0.25, 0.3) is 0 Å². The van der Waals surface area contributed by atoms with Gasteiger partial charge in [-0.3, -0.25) is 0 Å². The zero-order chi connectivity index (χ0) is 21.3. The number of alkyl halides is 3. The first kappa shape index (κ1) is 20.1. The number of hydrogen-bond donors (Lipinski definition) is 2. The molecule has 3 aromatic rings. The molecule has 9 nitrogen and oxygen atoms in total. The highest BCUT2D eigenvalue weighted by atomic mass is 19.4. The quantitative estimate of drug-likeness (QED) is 0.573. The number of rotatable bonds is 8. The zero-order valence-corrected chi connectivity index (χ0v) is 16.6. The molecule has 1 aliphatic carbocycles. The maximum absolute atomic E-state index is 13.2. The summed E-state index contributed by atoms with van der Waals surface area (Å²) in [6.45, 7) is 4.01. The molecule has 0 radical (unpaired) electrons. The Kier molecular flexibility index (Phi) is 5.31. The van der Waals surface area contributed by atoms with Crippen molar-refractivity contribution in [3.63, 3.8) is 0 Å². The van der Waals surface area contributed by atoms with Gasteiger partial charge in [-0.25, -0.2) is 9.67 Å². The van der Waals surface area contributed by atoms with Crippen LogP contribution in [0.3, 0.4) is 0 Å². The van der Waals surface area contributed by atoms with E-state index in [2.05, 4.69) is 35.9 Å². The van der Waals surface area contributed by atoms with Crippen molar-refractivity contribution in [3.05, 3.63) is 35.9 Å². The Labute approximate surface area is 170 Å². The van der Waals surface area contributed by atoms with E-state index in [0.717, 1.165) is 24.7 Å². The lowest BCUT2D eigenvalue weighted by molar-refractivity contribution is -0.137. The highest BCUT2D eigenvalue weighted by Gasteiger charge is 2.35. The number of aromatic nitrogens is 7. The average Bonchev–Trinajstić information content (AvgIpc) is 3.22. The average molecular weight is 421 g/mol. The monoisotopic (exact) mass is 421 g/mol. The molecule has 0 bridgehead atoms. The van der Waals surface area contributed by atoms with Crippen LogP contribution in [0, 0.1) is 0 Å². The lowest BCUT2D eigenvalue weighted by atomic mass is 10.2. The second-order valence-electron chi connectivity index (χ2n) is 7.21. The van der Waals surface area contributed by atoms with E-state index >= 15 is 0 Å². The van der Waals surface area contributed by atoms with E-state index in [9.17, 15) is 13.2 Å². The summed E-state index contributed by atoms with van der Waals surface area (Å²) in [7, 11) is 0. The second kappa shape index (κ2) is 7.92. The molecule has 0 unspecified atom stereocenters. The minimum absolute atomic E-state index is 0.0121. The third-order valence-electron chi connectivity index (χ3n) is 4.69. The zero-order valence-electron chi connectivity index (χ0n) is 16.6. The number of hydrogen-bond acceptors (Lipinski definition) is 7. The number of nitrogens with zero attached hydrogens (tertiary/aromatic N) is 7. The molecule has 2 N–H and O–H groups in total. The normalized spacial score (nSPS) is 15.2. The Hall–Kier alpha value is -3.18. The van der Waals surface area contributed by atoms with E-state index in [4.69, 9.17) is 0 Å². The molecule has 0 saturated heterocycles. The van der Waals surface area contributed by atoms with Crippen molar-refractivity contribution in [1.82, 2.24) is 34.7 Å².